The molecule has 0 aromatic carbocycles. The van der Waals surface area contributed by atoms with E-state index in [2.05, 4.69) is 12.2 Å². The third kappa shape index (κ3) is 5.23. The Balaban J connectivity index is 0.00000200. The van der Waals surface area contributed by atoms with Crippen LogP contribution in [-0.2, 0) is 9.53 Å². The van der Waals surface area contributed by atoms with Gasteiger partial charge in [0.2, 0.25) is 5.91 Å². The van der Waals surface area contributed by atoms with Crippen LogP contribution in [0.25, 0.3) is 0 Å². The first-order chi connectivity index (χ1) is 9.16. The van der Waals surface area contributed by atoms with Crippen LogP contribution in [0, 0.1) is 5.92 Å². The number of likely N-dealkylation sites (N-methyl/N-ethyl adjacent to an activating group) is 1. The summed E-state index contributed by atoms with van der Waals surface area (Å²) in [6.45, 7) is 4.44. The van der Waals surface area contributed by atoms with E-state index in [1.807, 2.05) is 11.9 Å². The quantitative estimate of drug-likeness (QED) is 0.847. The fourth-order valence-electron chi connectivity index (χ4n) is 3.10. The zero-order chi connectivity index (χ0) is 13.7. The second-order valence-corrected chi connectivity index (χ2v) is 6.18. The first-order valence-corrected chi connectivity index (χ1v) is 7.75. The number of halogens is 1. The second-order valence-electron chi connectivity index (χ2n) is 6.18. The minimum Gasteiger partial charge on any atom is -0.377 e. The van der Waals surface area contributed by atoms with Gasteiger partial charge in [-0.3, -0.25) is 4.79 Å². The van der Waals surface area contributed by atoms with Crippen LogP contribution in [0.3, 0.4) is 0 Å². The molecule has 1 saturated heterocycles. The molecule has 1 amide bonds. The molecular weight excluding hydrogens is 276 g/mol. The van der Waals surface area contributed by atoms with Gasteiger partial charge in [0.15, 0.2) is 0 Å². The molecule has 0 bridgehead atoms. The maximum absolute atomic E-state index is 12.1. The summed E-state index contributed by atoms with van der Waals surface area (Å²) in [6, 6.07) is 0.452. The van der Waals surface area contributed by atoms with Crippen molar-refractivity contribution >= 4 is 18.3 Å². The molecule has 2 aliphatic rings. The van der Waals surface area contributed by atoms with E-state index in [1.165, 1.54) is 12.8 Å². The van der Waals surface area contributed by atoms with Crippen molar-refractivity contribution in [3.05, 3.63) is 0 Å². The summed E-state index contributed by atoms with van der Waals surface area (Å²) in [5, 5.41) is 3.24. The van der Waals surface area contributed by atoms with Gasteiger partial charge in [0.25, 0.3) is 0 Å². The largest absolute Gasteiger partial charge is 0.377 e. The van der Waals surface area contributed by atoms with E-state index < -0.39 is 0 Å². The third-order valence-electron chi connectivity index (χ3n) is 4.60. The predicted molar refractivity (Wildman–Crippen MR) is 83.3 cm³/mol. The molecule has 20 heavy (non-hydrogen) atoms. The maximum atomic E-state index is 12.1. The van der Waals surface area contributed by atoms with Gasteiger partial charge in [-0.05, 0) is 44.4 Å². The van der Waals surface area contributed by atoms with Gasteiger partial charge in [-0.15, -0.1) is 12.4 Å². The standard InChI is InChI=1S/C15H28N2O2.ClH/c1-12-5-7-13(8-6-12)17(2)15(18)11-16-10-14-4-3-9-19-14;/h12-14,16H,3-11H2,1-2H3;1H. The van der Waals surface area contributed by atoms with Crippen molar-refractivity contribution in [1.82, 2.24) is 10.2 Å². The molecule has 1 atom stereocenters. The Morgan fingerprint density at radius 3 is 2.55 bits per heavy atom. The summed E-state index contributed by atoms with van der Waals surface area (Å²) in [7, 11) is 1.96. The highest BCUT2D eigenvalue weighted by Crippen LogP contribution is 2.26. The van der Waals surface area contributed by atoms with E-state index in [9.17, 15) is 4.79 Å². The van der Waals surface area contributed by atoms with Gasteiger partial charge in [0.05, 0.1) is 12.6 Å². The van der Waals surface area contributed by atoms with Crippen molar-refractivity contribution in [2.24, 2.45) is 5.92 Å². The Bertz CT molecular complexity index is 288. The summed E-state index contributed by atoms with van der Waals surface area (Å²) >= 11 is 0. The van der Waals surface area contributed by atoms with Crippen LogP contribution in [0.5, 0.6) is 0 Å². The summed E-state index contributed by atoms with van der Waals surface area (Å²) in [6.07, 6.45) is 7.42. The van der Waals surface area contributed by atoms with Gasteiger partial charge in [0.1, 0.15) is 0 Å². The van der Waals surface area contributed by atoms with Crippen molar-refractivity contribution < 1.29 is 9.53 Å². The Kier molecular flexibility index (Phi) is 7.85. The highest BCUT2D eigenvalue weighted by atomic mass is 35.5. The fraction of sp³-hybridized carbons (Fsp3) is 0.933. The second kappa shape index (κ2) is 8.85. The van der Waals surface area contributed by atoms with Gasteiger partial charge >= 0.3 is 0 Å². The van der Waals surface area contributed by atoms with E-state index in [-0.39, 0.29) is 18.3 Å². The van der Waals surface area contributed by atoms with Crippen molar-refractivity contribution in [1.29, 1.82) is 0 Å². The maximum Gasteiger partial charge on any atom is 0.236 e. The Hall–Kier alpha value is -0.320. The van der Waals surface area contributed by atoms with Gasteiger partial charge in [-0.2, -0.15) is 0 Å². The molecule has 1 unspecified atom stereocenters. The lowest BCUT2D eigenvalue weighted by atomic mass is 9.87. The predicted octanol–water partition coefficient (Wildman–Crippen LogP) is 2.21. The van der Waals surface area contributed by atoms with Crippen molar-refractivity contribution in [2.45, 2.75) is 57.6 Å². The monoisotopic (exact) mass is 304 g/mol. The van der Waals surface area contributed by atoms with Crippen molar-refractivity contribution in [3.63, 3.8) is 0 Å². The Morgan fingerprint density at radius 2 is 1.95 bits per heavy atom. The van der Waals surface area contributed by atoms with Crippen LogP contribution in [0.2, 0.25) is 0 Å². The smallest absolute Gasteiger partial charge is 0.236 e. The molecule has 0 radical (unpaired) electrons. The molecule has 2 rings (SSSR count). The van der Waals surface area contributed by atoms with Gasteiger partial charge in [-0.25, -0.2) is 0 Å². The van der Waals surface area contributed by atoms with E-state index in [0.717, 1.165) is 44.8 Å². The molecule has 1 aliphatic carbocycles. The van der Waals surface area contributed by atoms with E-state index in [4.69, 9.17) is 4.74 Å². The van der Waals surface area contributed by atoms with Crippen LogP contribution in [-0.4, -0.2) is 49.7 Å². The minimum absolute atomic E-state index is 0. The lowest BCUT2D eigenvalue weighted by Crippen LogP contribution is -2.44. The Labute approximate surface area is 129 Å². The molecule has 0 aromatic rings. The highest BCUT2D eigenvalue weighted by molar-refractivity contribution is 5.85. The van der Waals surface area contributed by atoms with Gasteiger partial charge in [-0.1, -0.05) is 6.92 Å². The lowest BCUT2D eigenvalue weighted by Gasteiger charge is -2.33. The zero-order valence-corrected chi connectivity index (χ0v) is 13.6. The number of nitrogens with zero attached hydrogens (tertiary/aromatic N) is 1. The number of hydrogen-bond donors (Lipinski definition) is 1. The number of carbonyl (C=O) groups is 1. The van der Waals surface area contributed by atoms with Gasteiger partial charge in [0, 0.05) is 26.2 Å². The zero-order valence-electron chi connectivity index (χ0n) is 12.8. The molecular formula is C15H29ClN2O2. The SMILES string of the molecule is CC1CCC(N(C)C(=O)CNCC2CCCO2)CC1.Cl. The molecule has 0 aromatic heterocycles. The van der Waals surface area contributed by atoms with Crippen LogP contribution in [0.4, 0.5) is 0 Å². The van der Waals surface area contributed by atoms with E-state index in [0.29, 0.717) is 18.7 Å². The van der Waals surface area contributed by atoms with E-state index in [1.54, 1.807) is 0 Å². The number of nitrogens with one attached hydrogen (secondary N) is 1. The molecule has 1 aliphatic heterocycles. The lowest BCUT2D eigenvalue weighted by molar-refractivity contribution is -0.131. The average Bonchev–Trinajstić information content (AvgIpc) is 2.92. The third-order valence-corrected chi connectivity index (χ3v) is 4.60. The molecule has 1 saturated carbocycles. The van der Waals surface area contributed by atoms with Crippen LogP contribution in [0.1, 0.15) is 45.4 Å². The first-order valence-electron chi connectivity index (χ1n) is 7.75. The van der Waals surface area contributed by atoms with Crippen LogP contribution in [0.15, 0.2) is 0 Å². The van der Waals surface area contributed by atoms with Crippen molar-refractivity contribution in [2.75, 3.05) is 26.7 Å². The molecule has 1 N–H and O–H groups in total. The number of rotatable bonds is 5. The van der Waals surface area contributed by atoms with Crippen LogP contribution < -0.4 is 5.32 Å². The average molecular weight is 305 g/mol. The van der Waals surface area contributed by atoms with Crippen LogP contribution >= 0.6 is 12.4 Å². The molecule has 0 spiro atoms. The minimum atomic E-state index is 0. The molecule has 5 heteroatoms. The number of carbonyl (C=O) groups excluding carboxylic acids is 1. The topological polar surface area (TPSA) is 41.6 Å². The number of ether oxygens (including phenoxy) is 1. The molecule has 118 valence electrons. The number of amides is 1. The molecule has 4 nitrogen and oxygen atoms in total. The summed E-state index contributed by atoms with van der Waals surface area (Å²) in [5.41, 5.74) is 0. The fourth-order valence-corrected chi connectivity index (χ4v) is 3.10. The number of hydrogen-bond acceptors (Lipinski definition) is 3. The summed E-state index contributed by atoms with van der Waals surface area (Å²) in [4.78, 5) is 14.1. The molecule has 2 fully saturated rings. The Morgan fingerprint density at radius 1 is 1.25 bits per heavy atom. The molecule has 1 heterocycles. The first kappa shape index (κ1) is 17.7. The van der Waals surface area contributed by atoms with E-state index >= 15 is 0 Å². The summed E-state index contributed by atoms with van der Waals surface area (Å²) < 4.78 is 5.54. The van der Waals surface area contributed by atoms with Crippen molar-refractivity contribution in [3.8, 4) is 0 Å². The highest BCUT2D eigenvalue weighted by Gasteiger charge is 2.24. The van der Waals surface area contributed by atoms with Gasteiger partial charge < -0.3 is 15.0 Å². The summed E-state index contributed by atoms with van der Waals surface area (Å²) in [5.74, 6) is 1.05. The normalized spacial score (nSPS) is 29.8.